The summed E-state index contributed by atoms with van der Waals surface area (Å²) >= 11 is 1.72. The predicted octanol–water partition coefficient (Wildman–Crippen LogP) is 4.81. The monoisotopic (exact) mass is 297 g/mol. The van der Waals surface area contributed by atoms with Crippen molar-refractivity contribution in [3.63, 3.8) is 0 Å². The van der Waals surface area contributed by atoms with Crippen LogP contribution in [0.15, 0.2) is 41.2 Å². The number of nitrogens with zero attached hydrogens (tertiary/aromatic N) is 2. The maximum absolute atomic E-state index is 4.83. The van der Waals surface area contributed by atoms with Crippen LogP contribution in [0.25, 0.3) is 16.9 Å². The van der Waals surface area contributed by atoms with E-state index in [1.54, 1.807) is 11.3 Å². The van der Waals surface area contributed by atoms with Crippen molar-refractivity contribution in [3.8, 4) is 11.3 Å². The zero-order chi connectivity index (χ0) is 14.1. The lowest BCUT2D eigenvalue weighted by Gasteiger charge is -2.24. The van der Waals surface area contributed by atoms with Crippen LogP contribution in [0.5, 0.6) is 0 Å². The van der Waals surface area contributed by atoms with E-state index < -0.39 is 0 Å². The smallest absolute Gasteiger partial charge is 0.139 e. The van der Waals surface area contributed by atoms with Crippen molar-refractivity contribution in [2.45, 2.75) is 38.1 Å². The number of hydrogen-bond acceptors (Lipinski definition) is 3. The summed E-state index contributed by atoms with van der Waals surface area (Å²) in [6.07, 6.45) is 8.68. The Morgan fingerprint density at radius 2 is 2.05 bits per heavy atom. The van der Waals surface area contributed by atoms with Gasteiger partial charge in [-0.1, -0.05) is 25.3 Å². The lowest BCUT2D eigenvalue weighted by Crippen LogP contribution is -2.23. The van der Waals surface area contributed by atoms with Crippen molar-refractivity contribution in [1.29, 1.82) is 0 Å². The highest BCUT2D eigenvalue weighted by Gasteiger charge is 2.19. The molecule has 0 unspecified atom stereocenters. The Morgan fingerprint density at radius 3 is 2.86 bits per heavy atom. The van der Waals surface area contributed by atoms with E-state index in [4.69, 9.17) is 4.98 Å². The minimum absolute atomic E-state index is 0.580. The SMILES string of the molecule is c1ccn2c(NC3CCCCC3)c(-c3ccsc3)nc2c1. The number of thiophene rings is 1. The molecule has 4 heteroatoms. The molecule has 0 atom stereocenters. The number of imidazole rings is 1. The van der Waals surface area contributed by atoms with Crippen LogP contribution >= 0.6 is 11.3 Å². The first-order chi connectivity index (χ1) is 10.4. The van der Waals surface area contributed by atoms with Gasteiger partial charge in [-0.05, 0) is 36.4 Å². The number of rotatable bonds is 3. The zero-order valence-electron chi connectivity index (χ0n) is 12.0. The molecular formula is C17H19N3S. The van der Waals surface area contributed by atoms with Crippen molar-refractivity contribution in [3.05, 3.63) is 41.2 Å². The molecule has 1 aliphatic rings. The summed E-state index contributed by atoms with van der Waals surface area (Å²) in [6, 6.07) is 8.92. The first-order valence-electron chi connectivity index (χ1n) is 7.68. The molecule has 0 saturated heterocycles. The third kappa shape index (κ3) is 2.44. The van der Waals surface area contributed by atoms with Crippen LogP contribution in [0.4, 0.5) is 5.82 Å². The van der Waals surface area contributed by atoms with E-state index in [1.807, 2.05) is 6.07 Å². The molecule has 3 heterocycles. The summed E-state index contributed by atoms with van der Waals surface area (Å²) in [5.74, 6) is 1.15. The maximum atomic E-state index is 4.83. The molecular weight excluding hydrogens is 278 g/mol. The Bertz CT molecular complexity index is 724. The third-order valence-corrected chi connectivity index (χ3v) is 4.95. The van der Waals surface area contributed by atoms with Crippen LogP contribution in [0.1, 0.15) is 32.1 Å². The number of fused-ring (bicyclic) bond motifs is 1. The van der Waals surface area contributed by atoms with Crippen LogP contribution in [0, 0.1) is 0 Å². The highest BCUT2D eigenvalue weighted by atomic mass is 32.1. The van der Waals surface area contributed by atoms with Crippen molar-refractivity contribution in [1.82, 2.24) is 9.38 Å². The van der Waals surface area contributed by atoms with Gasteiger partial charge in [-0.15, -0.1) is 0 Å². The molecule has 3 aromatic heterocycles. The zero-order valence-corrected chi connectivity index (χ0v) is 12.8. The maximum Gasteiger partial charge on any atom is 0.139 e. The normalized spacial score (nSPS) is 16.4. The van der Waals surface area contributed by atoms with Crippen LogP contribution < -0.4 is 5.32 Å². The van der Waals surface area contributed by atoms with E-state index >= 15 is 0 Å². The molecule has 4 rings (SSSR count). The predicted molar refractivity (Wildman–Crippen MR) is 89.0 cm³/mol. The third-order valence-electron chi connectivity index (χ3n) is 4.27. The van der Waals surface area contributed by atoms with Gasteiger partial charge in [-0.2, -0.15) is 11.3 Å². The van der Waals surface area contributed by atoms with Crippen LogP contribution in [-0.4, -0.2) is 15.4 Å². The van der Waals surface area contributed by atoms with Gasteiger partial charge < -0.3 is 5.32 Å². The number of pyridine rings is 1. The number of nitrogens with one attached hydrogen (secondary N) is 1. The summed E-state index contributed by atoms with van der Waals surface area (Å²) in [4.78, 5) is 4.83. The lowest BCUT2D eigenvalue weighted by molar-refractivity contribution is 0.462. The molecule has 0 bridgehead atoms. The fourth-order valence-corrected chi connectivity index (χ4v) is 3.82. The molecule has 0 amide bonds. The molecule has 1 N–H and O–H groups in total. The Balaban J connectivity index is 1.78. The molecule has 108 valence electrons. The van der Waals surface area contributed by atoms with Gasteiger partial charge in [0.15, 0.2) is 0 Å². The first-order valence-corrected chi connectivity index (χ1v) is 8.62. The van der Waals surface area contributed by atoms with Gasteiger partial charge in [0.1, 0.15) is 17.2 Å². The number of anilines is 1. The summed E-state index contributed by atoms with van der Waals surface area (Å²) in [5, 5.41) is 8.06. The summed E-state index contributed by atoms with van der Waals surface area (Å²) in [7, 11) is 0. The quantitative estimate of drug-likeness (QED) is 0.752. The fourth-order valence-electron chi connectivity index (χ4n) is 3.17. The highest BCUT2D eigenvalue weighted by Crippen LogP contribution is 2.32. The molecule has 0 aromatic carbocycles. The van der Waals surface area contributed by atoms with Gasteiger partial charge in [0.2, 0.25) is 0 Å². The summed E-state index contributed by atoms with van der Waals surface area (Å²) in [5.41, 5.74) is 3.30. The number of hydrogen-bond donors (Lipinski definition) is 1. The topological polar surface area (TPSA) is 29.3 Å². The van der Waals surface area contributed by atoms with Crippen LogP contribution in [0.2, 0.25) is 0 Å². The van der Waals surface area contributed by atoms with Crippen molar-refractivity contribution in [2.75, 3.05) is 5.32 Å². The van der Waals surface area contributed by atoms with Crippen molar-refractivity contribution >= 4 is 22.8 Å². The van der Waals surface area contributed by atoms with Crippen LogP contribution in [-0.2, 0) is 0 Å². The highest BCUT2D eigenvalue weighted by molar-refractivity contribution is 7.08. The minimum Gasteiger partial charge on any atom is -0.367 e. The standard InChI is InChI=1S/C17H19N3S/c1-2-6-14(7-3-1)18-17-16(13-9-11-21-12-13)19-15-8-4-5-10-20(15)17/h4-5,8-12,14,18H,1-3,6-7H2. The van der Waals surface area contributed by atoms with Gasteiger partial charge in [-0.25, -0.2) is 4.98 Å². The lowest BCUT2D eigenvalue weighted by atomic mass is 9.95. The Hall–Kier alpha value is -1.81. The van der Waals surface area contributed by atoms with Crippen molar-refractivity contribution in [2.24, 2.45) is 0 Å². The largest absolute Gasteiger partial charge is 0.367 e. The Morgan fingerprint density at radius 1 is 1.14 bits per heavy atom. The van der Waals surface area contributed by atoms with Crippen LogP contribution in [0.3, 0.4) is 0 Å². The molecule has 1 aliphatic carbocycles. The van der Waals surface area contributed by atoms with E-state index in [1.165, 1.54) is 37.7 Å². The molecule has 1 saturated carbocycles. The molecule has 0 radical (unpaired) electrons. The van der Waals surface area contributed by atoms with E-state index in [0.29, 0.717) is 6.04 Å². The van der Waals surface area contributed by atoms with Gasteiger partial charge in [0, 0.05) is 23.2 Å². The number of aromatic nitrogens is 2. The second kappa shape index (κ2) is 5.53. The van der Waals surface area contributed by atoms with E-state index in [-0.39, 0.29) is 0 Å². The Kier molecular flexibility index (Phi) is 3.39. The average molecular weight is 297 g/mol. The average Bonchev–Trinajstić information content (AvgIpc) is 3.16. The van der Waals surface area contributed by atoms with Gasteiger partial charge in [0.25, 0.3) is 0 Å². The van der Waals surface area contributed by atoms with Crippen molar-refractivity contribution < 1.29 is 0 Å². The molecule has 3 nitrogen and oxygen atoms in total. The molecule has 21 heavy (non-hydrogen) atoms. The first kappa shape index (κ1) is 12.9. The summed E-state index contributed by atoms with van der Waals surface area (Å²) in [6.45, 7) is 0. The van der Waals surface area contributed by atoms with Gasteiger partial charge >= 0.3 is 0 Å². The van der Waals surface area contributed by atoms with E-state index in [9.17, 15) is 0 Å². The second-order valence-corrected chi connectivity index (χ2v) is 6.51. The molecule has 1 fully saturated rings. The van der Waals surface area contributed by atoms with E-state index in [0.717, 1.165) is 17.2 Å². The second-order valence-electron chi connectivity index (χ2n) is 5.73. The van der Waals surface area contributed by atoms with Gasteiger partial charge in [-0.3, -0.25) is 4.40 Å². The fraction of sp³-hybridized carbons (Fsp3) is 0.353. The van der Waals surface area contributed by atoms with Gasteiger partial charge in [0.05, 0.1) is 0 Å². The minimum atomic E-state index is 0.580. The summed E-state index contributed by atoms with van der Waals surface area (Å²) < 4.78 is 2.18. The van der Waals surface area contributed by atoms with E-state index in [2.05, 4.69) is 44.9 Å². The molecule has 0 aliphatic heterocycles. The molecule has 0 spiro atoms. The Labute approximate surface area is 128 Å². The molecule has 3 aromatic rings.